The van der Waals surface area contributed by atoms with Crippen LogP contribution in [0.15, 0.2) is 36.4 Å². The average Bonchev–Trinajstić information content (AvgIpc) is 2.41. The van der Waals surface area contributed by atoms with E-state index in [-0.39, 0.29) is 22.6 Å². The van der Waals surface area contributed by atoms with Gasteiger partial charge in [0.1, 0.15) is 5.82 Å². The number of carbonyl (C=O) groups is 1. The fourth-order valence-corrected chi connectivity index (χ4v) is 1.66. The van der Waals surface area contributed by atoms with Crippen LogP contribution in [0, 0.1) is 11.6 Å². The number of nitrogens with two attached hydrogens (primary N) is 1. The number of halogens is 2. The molecule has 0 saturated heterocycles. The molecule has 98 valence electrons. The molecule has 0 unspecified atom stereocenters. The van der Waals surface area contributed by atoms with Crippen LogP contribution >= 0.6 is 0 Å². The van der Waals surface area contributed by atoms with Crippen molar-refractivity contribution < 1.29 is 18.3 Å². The fourth-order valence-electron chi connectivity index (χ4n) is 1.66. The van der Waals surface area contributed by atoms with Crippen molar-refractivity contribution in [1.82, 2.24) is 0 Å². The Morgan fingerprint density at radius 2 is 1.68 bits per heavy atom. The molecule has 19 heavy (non-hydrogen) atoms. The molecule has 0 aliphatic rings. The molecule has 0 aliphatic heterocycles. The number of methoxy groups -OCH3 is 1. The SMILES string of the molecule is COc1ccc(C(=O)c2ccc(F)c(N)c2)cc1F. The standard InChI is InChI=1S/C14H11F2NO2/c1-19-13-5-3-8(6-11(13)16)14(18)9-2-4-10(15)12(17)7-9/h2-7H,17H2,1H3. The van der Waals surface area contributed by atoms with Gasteiger partial charge in [0.05, 0.1) is 12.8 Å². The number of ketones is 1. The number of rotatable bonds is 3. The lowest BCUT2D eigenvalue weighted by atomic mass is 10.0. The number of hydrogen-bond donors (Lipinski definition) is 1. The van der Waals surface area contributed by atoms with Crippen molar-refractivity contribution in [3.63, 3.8) is 0 Å². The van der Waals surface area contributed by atoms with Gasteiger partial charge < -0.3 is 10.5 Å². The fraction of sp³-hybridized carbons (Fsp3) is 0.0714. The first-order valence-corrected chi connectivity index (χ1v) is 5.46. The van der Waals surface area contributed by atoms with Crippen LogP contribution in [0.2, 0.25) is 0 Å². The molecule has 0 spiro atoms. The summed E-state index contributed by atoms with van der Waals surface area (Å²) in [6.45, 7) is 0. The molecule has 0 heterocycles. The van der Waals surface area contributed by atoms with Crippen LogP contribution in [0.5, 0.6) is 5.75 Å². The highest BCUT2D eigenvalue weighted by molar-refractivity contribution is 6.09. The summed E-state index contributed by atoms with van der Waals surface area (Å²) >= 11 is 0. The largest absolute Gasteiger partial charge is 0.494 e. The highest BCUT2D eigenvalue weighted by atomic mass is 19.1. The zero-order valence-electron chi connectivity index (χ0n) is 10.1. The van der Waals surface area contributed by atoms with Gasteiger partial charge in [-0.25, -0.2) is 8.78 Å². The average molecular weight is 263 g/mol. The summed E-state index contributed by atoms with van der Waals surface area (Å²) in [5, 5.41) is 0. The maximum atomic E-state index is 13.5. The molecule has 5 heteroatoms. The lowest BCUT2D eigenvalue weighted by molar-refractivity contribution is 0.103. The molecule has 3 nitrogen and oxygen atoms in total. The predicted molar refractivity (Wildman–Crippen MR) is 67.2 cm³/mol. The van der Waals surface area contributed by atoms with E-state index in [9.17, 15) is 13.6 Å². The van der Waals surface area contributed by atoms with Crippen LogP contribution < -0.4 is 10.5 Å². The van der Waals surface area contributed by atoms with Gasteiger partial charge in [0, 0.05) is 11.1 Å². The summed E-state index contributed by atoms with van der Waals surface area (Å²) in [5.74, 6) is -1.62. The molecule has 0 amide bonds. The summed E-state index contributed by atoms with van der Waals surface area (Å²) in [7, 11) is 1.33. The summed E-state index contributed by atoms with van der Waals surface area (Å²) in [4.78, 5) is 12.1. The van der Waals surface area contributed by atoms with Gasteiger partial charge in [-0.05, 0) is 36.4 Å². The van der Waals surface area contributed by atoms with Crippen molar-refractivity contribution in [3.8, 4) is 5.75 Å². The number of ether oxygens (including phenoxy) is 1. The number of carbonyl (C=O) groups excluding carboxylic acids is 1. The molecule has 0 bridgehead atoms. The lowest BCUT2D eigenvalue weighted by Gasteiger charge is -2.06. The minimum absolute atomic E-state index is 0.0511. The molecule has 0 atom stereocenters. The minimum atomic E-state index is -0.636. The van der Waals surface area contributed by atoms with Crippen LogP contribution in [0.1, 0.15) is 15.9 Å². The molecule has 2 aromatic rings. The van der Waals surface area contributed by atoms with Crippen LogP contribution in [-0.2, 0) is 0 Å². The first-order valence-electron chi connectivity index (χ1n) is 5.46. The molecule has 2 rings (SSSR count). The zero-order chi connectivity index (χ0) is 14.0. The molecule has 0 aromatic heterocycles. The van der Waals surface area contributed by atoms with Gasteiger partial charge in [-0.3, -0.25) is 4.79 Å². The van der Waals surface area contributed by atoms with Gasteiger partial charge >= 0.3 is 0 Å². The van der Waals surface area contributed by atoms with E-state index in [1.54, 1.807) is 0 Å². The highest BCUT2D eigenvalue weighted by Crippen LogP contribution is 2.21. The van der Waals surface area contributed by atoms with Gasteiger partial charge in [0.15, 0.2) is 17.3 Å². The van der Waals surface area contributed by atoms with Gasteiger partial charge in [-0.15, -0.1) is 0 Å². The Bertz CT molecular complexity index is 641. The minimum Gasteiger partial charge on any atom is -0.494 e. The molecule has 0 fully saturated rings. The third-order valence-corrected chi connectivity index (χ3v) is 2.67. The third kappa shape index (κ3) is 2.54. The Morgan fingerprint density at radius 1 is 1.05 bits per heavy atom. The Morgan fingerprint density at radius 3 is 2.26 bits per heavy atom. The van der Waals surface area contributed by atoms with E-state index < -0.39 is 17.4 Å². The van der Waals surface area contributed by atoms with E-state index in [0.717, 1.165) is 12.1 Å². The molecule has 2 N–H and O–H groups in total. The smallest absolute Gasteiger partial charge is 0.193 e. The van der Waals surface area contributed by atoms with Crippen molar-refractivity contribution in [2.24, 2.45) is 0 Å². The van der Waals surface area contributed by atoms with E-state index in [2.05, 4.69) is 0 Å². The second kappa shape index (κ2) is 5.06. The van der Waals surface area contributed by atoms with E-state index in [1.165, 1.54) is 31.4 Å². The molecule has 0 aliphatic carbocycles. The van der Waals surface area contributed by atoms with Crippen LogP contribution in [0.3, 0.4) is 0 Å². The summed E-state index contributed by atoms with van der Waals surface area (Å²) in [6.07, 6.45) is 0. The number of hydrogen-bond acceptors (Lipinski definition) is 3. The summed E-state index contributed by atoms with van der Waals surface area (Å²) < 4.78 is 31.3. The summed E-state index contributed by atoms with van der Waals surface area (Å²) in [6, 6.07) is 7.48. The molecular formula is C14H11F2NO2. The van der Waals surface area contributed by atoms with Gasteiger partial charge in [0.25, 0.3) is 0 Å². The van der Waals surface area contributed by atoms with Crippen molar-refractivity contribution >= 4 is 11.5 Å². The Hall–Kier alpha value is -2.43. The number of anilines is 1. The van der Waals surface area contributed by atoms with Crippen molar-refractivity contribution in [2.45, 2.75) is 0 Å². The Balaban J connectivity index is 2.38. The molecule has 0 saturated carbocycles. The van der Waals surface area contributed by atoms with E-state index in [1.807, 2.05) is 0 Å². The second-order valence-corrected chi connectivity index (χ2v) is 3.91. The topological polar surface area (TPSA) is 52.3 Å². The molecule has 2 aromatic carbocycles. The predicted octanol–water partition coefficient (Wildman–Crippen LogP) is 2.79. The Kier molecular flexibility index (Phi) is 3.46. The van der Waals surface area contributed by atoms with E-state index in [0.29, 0.717) is 0 Å². The van der Waals surface area contributed by atoms with E-state index in [4.69, 9.17) is 10.5 Å². The van der Waals surface area contributed by atoms with Crippen LogP contribution in [-0.4, -0.2) is 12.9 Å². The van der Waals surface area contributed by atoms with Crippen molar-refractivity contribution in [1.29, 1.82) is 0 Å². The molecular weight excluding hydrogens is 252 g/mol. The van der Waals surface area contributed by atoms with Gasteiger partial charge in [0.2, 0.25) is 0 Å². The first-order chi connectivity index (χ1) is 9.02. The maximum absolute atomic E-state index is 13.5. The lowest BCUT2D eigenvalue weighted by Crippen LogP contribution is -2.04. The monoisotopic (exact) mass is 263 g/mol. The van der Waals surface area contributed by atoms with Crippen molar-refractivity contribution in [2.75, 3.05) is 12.8 Å². The zero-order valence-corrected chi connectivity index (χ0v) is 10.1. The van der Waals surface area contributed by atoms with Crippen molar-refractivity contribution in [3.05, 3.63) is 59.2 Å². The number of nitrogen functional groups attached to an aromatic ring is 1. The van der Waals surface area contributed by atoms with Crippen LogP contribution in [0.25, 0.3) is 0 Å². The number of benzene rings is 2. The quantitative estimate of drug-likeness (QED) is 0.684. The molecule has 0 radical (unpaired) electrons. The maximum Gasteiger partial charge on any atom is 0.193 e. The third-order valence-electron chi connectivity index (χ3n) is 2.67. The first kappa shape index (κ1) is 13.0. The second-order valence-electron chi connectivity index (χ2n) is 3.91. The summed E-state index contributed by atoms with van der Waals surface area (Å²) in [5.41, 5.74) is 5.61. The highest BCUT2D eigenvalue weighted by Gasteiger charge is 2.13. The van der Waals surface area contributed by atoms with Gasteiger partial charge in [-0.1, -0.05) is 0 Å². The Labute approximate surface area is 108 Å². The van der Waals surface area contributed by atoms with Gasteiger partial charge in [-0.2, -0.15) is 0 Å². The normalized spacial score (nSPS) is 10.3. The van der Waals surface area contributed by atoms with E-state index >= 15 is 0 Å². The van der Waals surface area contributed by atoms with Crippen LogP contribution in [0.4, 0.5) is 14.5 Å².